The van der Waals surface area contributed by atoms with Crippen molar-refractivity contribution in [2.75, 3.05) is 13.6 Å². The van der Waals surface area contributed by atoms with Gasteiger partial charge in [-0.3, -0.25) is 4.79 Å². The first kappa shape index (κ1) is 10.5. The van der Waals surface area contributed by atoms with E-state index in [9.17, 15) is 4.79 Å². The molecule has 0 saturated heterocycles. The van der Waals surface area contributed by atoms with Crippen molar-refractivity contribution < 1.29 is 4.79 Å². The smallest absolute Gasteiger partial charge is 0.151 e. The molecule has 0 aromatic heterocycles. The van der Waals surface area contributed by atoms with E-state index in [2.05, 4.69) is 17.2 Å². The highest BCUT2D eigenvalue weighted by Gasteiger charge is 1.97. The second-order valence-corrected chi connectivity index (χ2v) is 3.04. The predicted molar refractivity (Wildman–Crippen MR) is 57.4 cm³/mol. The number of rotatable bonds is 2. The van der Waals surface area contributed by atoms with Gasteiger partial charge in [0.2, 0.25) is 0 Å². The molecule has 1 aromatic carbocycles. The van der Waals surface area contributed by atoms with Crippen molar-refractivity contribution in [3.8, 4) is 11.8 Å². The monoisotopic (exact) mass is 187 g/mol. The molecule has 0 fully saturated rings. The van der Waals surface area contributed by atoms with Gasteiger partial charge in [-0.05, 0) is 25.6 Å². The third-order valence-corrected chi connectivity index (χ3v) is 1.82. The Morgan fingerprint density at radius 3 is 2.93 bits per heavy atom. The minimum atomic E-state index is 0.631. The lowest BCUT2D eigenvalue weighted by Crippen LogP contribution is -2.04. The number of carbonyl (C=O) groups excluding carboxylic acids is 1. The first-order valence-corrected chi connectivity index (χ1v) is 4.47. The van der Waals surface area contributed by atoms with Crippen LogP contribution in [0.25, 0.3) is 0 Å². The zero-order chi connectivity index (χ0) is 10.4. The molecular weight excluding hydrogens is 174 g/mol. The number of aryl methyl sites for hydroxylation is 1. The molecule has 2 heteroatoms. The van der Waals surface area contributed by atoms with E-state index in [4.69, 9.17) is 0 Å². The first-order chi connectivity index (χ1) is 6.77. The number of carbonyl (C=O) groups is 1. The lowest BCUT2D eigenvalue weighted by Gasteiger charge is -1.97. The molecule has 0 heterocycles. The van der Waals surface area contributed by atoms with Crippen molar-refractivity contribution in [1.29, 1.82) is 0 Å². The van der Waals surface area contributed by atoms with Crippen LogP contribution < -0.4 is 5.32 Å². The quantitative estimate of drug-likeness (QED) is 0.560. The summed E-state index contributed by atoms with van der Waals surface area (Å²) < 4.78 is 0. The fourth-order valence-electron chi connectivity index (χ4n) is 1.11. The van der Waals surface area contributed by atoms with Gasteiger partial charge >= 0.3 is 0 Å². The Balaban J connectivity index is 3.00. The van der Waals surface area contributed by atoms with Gasteiger partial charge in [-0.25, -0.2) is 0 Å². The minimum Gasteiger partial charge on any atom is -0.309 e. The summed E-state index contributed by atoms with van der Waals surface area (Å²) in [6.45, 7) is 2.62. The van der Waals surface area contributed by atoms with Gasteiger partial charge in [0, 0.05) is 11.1 Å². The standard InChI is InChI=1S/C12H13NO/c1-10-5-6-12(9-14)11(8-10)4-3-7-13-2/h5-6,8-9,13H,7H2,1-2H3. The molecule has 2 nitrogen and oxygen atoms in total. The molecular formula is C12H13NO. The summed E-state index contributed by atoms with van der Waals surface area (Å²) in [5.41, 5.74) is 2.57. The minimum absolute atomic E-state index is 0.631. The van der Waals surface area contributed by atoms with Gasteiger partial charge in [-0.15, -0.1) is 0 Å². The van der Waals surface area contributed by atoms with Crippen LogP contribution in [0.3, 0.4) is 0 Å². The largest absolute Gasteiger partial charge is 0.309 e. The van der Waals surface area contributed by atoms with Crippen molar-refractivity contribution in [3.63, 3.8) is 0 Å². The van der Waals surface area contributed by atoms with Gasteiger partial charge in [0.05, 0.1) is 6.54 Å². The fourth-order valence-corrected chi connectivity index (χ4v) is 1.11. The van der Waals surface area contributed by atoms with E-state index in [1.54, 1.807) is 6.07 Å². The van der Waals surface area contributed by atoms with Crippen molar-refractivity contribution in [2.24, 2.45) is 0 Å². The Morgan fingerprint density at radius 2 is 2.29 bits per heavy atom. The Bertz CT molecular complexity index is 385. The SMILES string of the molecule is CNCC#Cc1cc(C)ccc1C=O. The predicted octanol–water partition coefficient (Wildman–Crippen LogP) is 1.38. The Kier molecular flexibility index (Phi) is 3.90. The second kappa shape index (κ2) is 5.21. The third kappa shape index (κ3) is 2.72. The summed E-state index contributed by atoms with van der Waals surface area (Å²) in [4.78, 5) is 10.7. The summed E-state index contributed by atoms with van der Waals surface area (Å²) in [6.07, 6.45) is 0.836. The lowest BCUT2D eigenvalue weighted by atomic mass is 10.1. The van der Waals surface area contributed by atoms with E-state index in [1.165, 1.54) is 0 Å². The van der Waals surface area contributed by atoms with Gasteiger partial charge in [-0.2, -0.15) is 0 Å². The molecule has 0 saturated carbocycles. The van der Waals surface area contributed by atoms with Crippen molar-refractivity contribution >= 4 is 6.29 Å². The highest BCUT2D eigenvalue weighted by molar-refractivity contribution is 5.79. The molecule has 0 amide bonds. The van der Waals surface area contributed by atoms with E-state index in [-0.39, 0.29) is 0 Å². The van der Waals surface area contributed by atoms with Gasteiger partial charge in [0.15, 0.2) is 6.29 Å². The van der Waals surface area contributed by atoms with E-state index in [1.807, 2.05) is 26.1 Å². The molecule has 1 aromatic rings. The van der Waals surface area contributed by atoms with Crippen LogP contribution in [0.2, 0.25) is 0 Å². The first-order valence-electron chi connectivity index (χ1n) is 4.47. The summed E-state index contributed by atoms with van der Waals surface area (Å²) in [6, 6.07) is 5.63. The van der Waals surface area contributed by atoms with Gasteiger partial charge in [0.1, 0.15) is 0 Å². The van der Waals surface area contributed by atoms with Crippen molar-refractivity contribution in [3.05, 3.63) is 34.9 Å². The van der Waals surface area contributed by atoms with Gasteiger partial charge < -0.3 is 5.32 Å². The Morgan fingerprint density at radius 1 is 1.50 bits per heavy atom. The van der Waals surface area contributed by atoms with Crippen LogP contribution in [-0.2, 0) is 0 Å². The van der Waals surface area contributed by atoms with Crippen LogP contribution in [0, 0.1) is 18.8 Å². The molecule has 0 atom stereocenters. The van der Waals surface area contributed by atoms with E-state index < -0.39 is 0 Å². The van der Waals surface area contributed by atoms with Crippen LogP contribution in [0.5, 0.6) is 0 Å². The normalized spacial score (nSPS) is 9.00. The topological polar surface area (TPSA) is 29.1 Å². The maximum absolute atomic E-state index is 10.7. The lowest BCUT2D eigenvalue weighted by molar-refractivity contribution is 0.112. The Labute approximate surface area is 84.3 Å². The maximum atomic E-state index is 10.7. The molecule has 1 N–H and O–H groups in total. The molecule has 0 spiro atoms. The average molecular weight is 187 g/mol. The molecule has 0 unspecified atom stereocenters. The summed E-state index contributed by atoms with van der Waals surface area (Å²) in [5, 5.41) is 2.93. The summed E-state index contributed by atoms with van der Waals surface area (Å²) in [7, 11) is 1.84. The van der Waals surface area contributed by atoms with Crippen LogP contribution >= 0.6 is 0 Å². The third-order valence-electron chi connectivity index (χ3n) is 1.82. The molecule has 0 aliphatic heterocycles. The van der Waals surface area contributed by atoms with E-state index in [0.717, 1.165) is 17.4 Å². The molecule has 0 radical (unpaired) electrons. The number of aldehydes is 1. The average Bonchev–Trinajstić information content (AvgIpc) is 2.19. The van der Waals surface area contributed by atoms with Crippen LogP contribution in [0.1, 0.15) is 21.5 Å². The second-order valence-electron chi connectivity index (χ2n) is 3.04. The van der Waals surface area contributed by atoms with Crippen molar-refractivity contribution in [1.82, 2.24) is 5.32 Å². The van der Waals surface area contributed by atoms with E-state index >= 15 is 0 Å². The molecule has 14 heavy (non-hydrogen) atoms. The fraction of sp³-hybridized carbons (Fsp3) is 0.250. The molecule has 72 valence electrons. The maximum Gasteiger partial charge on any atom is 0.151 e. The zero-order valence-corrected chi connectivity index (χ0v) is 8.42. The molecule has 0 aliphatic rings. The van der Waals surface area contributed by atoms with Gasteiger partial charge in [-0.1, -0.05) is 24.0 Å². The summed E-state index contributed by atoms with van der Waals surface area (Å²) in [5.74, 6) is 5.90. The highest BCUT2D eigenvalue weighted by Crippen LogP contribution is 2.07. The van der Waals surface area contributed by atoms with Gasteiger partial charge in [0.25, 0.3) is 0 Å². The number of hydrogen-bond acceptors (Lipinski definition) is 2. The van der Waals surface area contributed by atoms with Crippen LogP contribution in [-0.4, -0.2) is 19.9 Å². The molecule has 0 bridgehead atoms. The van der Waals surface area contributed by atoms with Crippen LogP contribution in [0.15, 0.2) is 18.2 Å². The zero-order valence-electron chi connectivity index (χ0n) is 8.42. The highest BCUT2D eigenvalue weighted by atomic mass is 16.1. The number of nitrogens with one attached hydrogen (secondary N) is 1. The van der Waals surface area contributed by atoms with Crippen LogP contribution in [0.4, 0.5) is 0 Å². The molecule has 1 rings (SSSR count). The van der Waals surface area contributed by atoms with E-state index in [0.29, 0.717) is 12.1 Å². The van der Waals surface area contributed by atoms with Crippen molar-refractivity contribution in [2.45, 2.75) is 6.92 Å². The Hall–Kier alpha value is -1.59. The number of benzene rings is 1. The molecule has 0 aliphatic carbocycles. The number of hydrogen-bond donors (Lipinski definition) is 1. The summed E-state index contributed by atoms with van der Waals surface area (Å²) >= 11 is 0.